The molecule has 0 radical (unpaired) electrons. The fraction of sp³-hybridized carbons (Fsp3) is 0.240. The van der Waals surface area contributed by atoms with Crippen LogP contribution in [0, 0.1) is 22.7 Å². The molecule has 1 N–H and O–H groups in total. The van der Waals surface area contributed by atoms with Gasteiger partial charge in [-0.05, 0) is 42.5 Å². The van der Waals surface area contributed by atoms with Gasteiger partial charge in [0, 0.05) is 53.4 Å². The van der Waals surface area contributed by atoms with Gasteiger partial charge in [0.15, 0.2) is 0 Å². The topological polar surface area (TPSA) is 94.1 Å². The SMILES string of the molecule is COc1ccc(C#N)cc1/C=C(\C#N)c1cn(C(=O)CN2CCNCC2)c2ccc(Br)cc12.Cl. The third-order valence-electron chi connectivity index (χ3n) is 5.67. The van der Waals surface area contributed by atoms with Crippen molar-refractivity contribution < 1.29 is 9.53 Å². The first-order chi connectivity index (χ1) is 16.0. The predicted octanol–water partition coefficient (Wildman–Crippen LogP) is 4.32. The summed E-state index contributed by atoms with van der Waals surface area (Å²) < 4.78 is 7.90. The summed E-state index contributed by atoms with van der Waals surface area (Å²) in [5.41, 5.74) is 2.85. The molecule has 1 fully saturated rings. The Kier molecular flexibility index (Phi) is 8.49. The van der Waals surface area contributed by atoms with Crippen molar-refractivity contribution in [3.05, 3.63) is 63.8 Å². The van der Waals surface area contributed by atoms with E-state index in [4.69, 9.17) is 4.74 Å². The Morgan fingerprint density at radius 3 is 2.65 bits per heavy atom. The number of nitriles is 2. The third kappa shape index (κ3) is 5.32. The molecule has 0 bridgehead atoms. The van der Waals surface area contributed by atoms with Crippen molar-refractivity contribution in [3.8, 4) is 17.9 Å². The average Bonchev–Trinajstić information content (AvgIpc) is 3.21. The molecule has 9 heteroatoms. The first-order valence-electron chi connectivity index (χ1n) is 10.5. The van der Waals surface area contributed by atoms with Gasteiger partial charge in [-0.3, -0.25) is 14.3 Å². The van der Waals surface area contributed by atoms with Crippen molar-refractivity contribution in [2.45, 2.75) is 0 Å². The summed E-state index contributed by atoms with van der Waals surface area (Å²) in [7, 11) is 1.54. The maximum absolute atomic E-state index is 13.2. The number of halogens is 2. The van der Waals surface area contributed by atoms with E-state index in [-0.39, 0.29) is 18.3 Å². The van der Waals surface area contributed by atoms with Crippen LogP contribution < -0.4 is 10.1 Å². The van der Waals surface area contributed by atoms with Gasteiger partial charge in [0.25, 0.3) is 0 Å². The standard InChI is InChI=1S/C25H22BrN5O2.ClH/c1-33-24-5-2-17(13-27)10-18(24)11-19(14-28)22-15-31(23-4-3-20(26)12-21(22)23)25(32)16-30-8-6-29-7-9-30;/h2-5,10-12,15,29H,6-9,16H2,1H3;1H/b19-11+;. The summed E-state index contributed by atoms with van der Waals surface area (Å²) in [5, 5.41) is 23.4. The molecule has 3 aromatic rings. The van der Waals surface area contributed by atoms with E-state index in [1.807, 2.05) is 18.2 Å². The molecule has 7 nitrogen and oxygen atoms in total. The molecule has 0 spiro atoms. The van der Waals surface area contributed by atoms with Crippen molar-refractivity contribution >= 4 is 56.8 Å². The van der Waals surface area contributed by atoms with Gasteiger partial charge in [0.05, 0.1) is 42.4 Å². The molecule has 1 aliphatic heterocycles. The minimum Gasteiger partial charge on any atom is -0.496 e. The van der Waals surface area contributed by atoms with Crippen LogP contribution in [0.25, 0.3) is 22.6 Å². The highest BCUT2D eigenvalue weighted by molar-refractivity contribution is 9.10. The minimum absolute atomic E-state index is 0. The molecule has 174 valence electrons. The molecule has 0 atom stereocenters. The van der Waals surface area contributed by atoms with Gasteiger partial charge in [0.2, 0.25) is 5.91 Å². The van der Waals surface area contributed by atoms with Crippen LogP contribution in [0.2, 0.25) is 0 Å². The lowest BCUT2D eigenvalue weighted by Crippen LogP contribution is -2.46. The van der Waals surface area contributed by atoms with E-state index in [1.165, 1.54) is 0 Å². The van der Waals surface area contributed by atoms with E-state index in [9.17, 15) is 15.3 Å². The van der Waals surface area contributed by atoms with Crippen LogP contribution >= 0.6 is 28.3 Å². The summed E-state index contributed by atoms with van der Waals surface area (Å²) in [6.45, 7) is 3.68. The van der Waals surface area contributed by atoms with Crippen molar-refractivity contribution in [3.63, 3.8) is 0 Å². The van der Waals surface area contributed by atoms with E-state index in [0.717, 1.165) is 41.6 Å². The highest BCUT2D eigenvalue weighted by Gasteiger charge is 2.20. The number of piperazine rings is 1. The molecular formula is C25H23BrClN5O2. The minimum atomic E-state index is -0.0446. The number of nitrogens with one attached hydrogen (secondary N) is 1. The summed E-state index contributed by atoms with van der Waals surface area (Å²) in [6, 6.07) is 15.1. The Balaban J connectivity index is 0.00000324. The molecule has 34 heavy (non-hydrogen) atoms. The number of rotatable bonds is 5. The maximum atomic E-state index is 13.2. The lowest BCUT2D eigenvalue weighted by Gasteiger charge is -2.26. The monoisotopic (exact) mass is 539 g/mol. The van der Waals surface area contributed by atoms with Crippen molar-refractivity contribution in [2.75, 3.05) is 39.8 Å². The second kappa shape index (κ2) is 11.3. The van der Waals surface area contributed by atoms with Gasteiger partial charge < -0.3 is 10.1 Å². The molecule has 0 unspecified atom stereocenters. The van der Waals surface area contributed by atoms with Crippen LogP contribution in [0.15, 0.2) is 47.1 Å². The lowest BCUT2D eigenvalue weighted by atomic mass is 10.0. The van der Waals surface area contributed by atoms with E-state index >= 15 is 0 Å². The number of hydrogen-bond donors (Lipinski definition) is 1. The second-order valence-electron chi connectivity index (χ2n) is 7.73. The van der Waals surface area contributed by atoms with E-state index in [1.54, 1.807) is 42.1 Å². The normalized spacial score (nSPS) is 14.2. The molecule has 2 aromatic carbocycles. The number of ether oxygens (including phenoxy) is 1. The zero-order valence-electron chi connectivity index (χ0n) is 18.5. The summed E-state index contributed by atoms with van der Waals surface area (Å²) in [4.78, 5) is 15.3. The Hall–Kier alpha value is -3.14. The molecular weight excluding hydrogens is 518 g/mol. The number of carbonyl (C=O) groups excluding carboxylic acids is 1. The first-order valence-corrected chi connectivity index (χ1v) is 11.3. The van der Waals surface area contributed by atoms with Crippen LogP contribution in [0.4, 0.5) is 0 Å². The molecule has 0 aliphatic carbocycles. The van der Waals surface area contributed by atoms with E-state index in [0.29, 0.717) is 34.6 Å². The highest BCUT2D eigenvalue weighted by Crippen LogP contribution is 2.32. The average molecular weight is 541 g/mol. The number of fused-ring (bicyclic) bond motifs is 1. The summed E-state index contributed by atoms with van der Waals surface area (Å²) >= 11 is 3.50. The van der Waals surface area contributed by atoms with Crippen LogP contribution in [0.5, 0.6) is 5.75 Å². The Morgan fingerprint density at radius 1 is 1.21 bits per heavy atom. The fourth-order valence-electron chi connectivity index (χ4n) is 4.00. The summed E-state index contributed by atoms with van der Waals surface area (Å²) in [5.74, 6) is 0.512. The third-order valence-corrected chi connectivity index (χ3v) is 6.17. The van der Waals surface area contributed by atoms with Crippen LogP contribution in [0.3, 0.4) is 0 Å². The Labute approximate surface area is 212 Å². The zero-order chi connectivity index (χ0) is 23.4. The number of nitrogens with zero attached hydrogens (tertiary/aromatic N) is 4. The molecule has 1 saturated heterocycles. The molecule has 4 rings (SSSR count). The maximum Gasteiger partial charge on any atom is 0.245 e. The van der Waals surface area contributed by atoms with Crippen molar-refractivity contribution in [2.24, 2.45) is 0 Å². The highest BCUT2D eigenvalue weighted by atomic mass is 79.9. The smallest absolute Gasteiger partial charge is 0.245 e. The van der Waals surface area contributed by atoms with E-state index in [2.05, 4.69) is 38.3 Å². The number of aromatic nitrogens is 1. The number of benzene rings is 2. The van der Waals surface area contributed by atoms with E-state index < -0.39 is 0 Å². The van der Waals surface area contributed by atoms with Crippen LogP contribution in [-0.4, -0.2) is 55.2 Å². The van der Waals surface area contributed by atoms with Gasteiger partial charge in [-0.1, -0.05) is 15.9 Å². The number of hydrogen-bond acceptors (Lipinski definition) is 6. The Bertz CT molecular complexity index is 1330. The van der Waals surface area contributed by atoms with Crippen molar-refractivity contribution in [1.29, 1.82) is 10.5 Å². The second-order valence-corrected chi connectivity index (χ2v) is 8.65. The number of methoxy groups -OCH3 is 1. The fourth-order valence-corrected chi connectivity index (χ4v) is 4.36. The lowest BCUT2D eigenvalue weighted by molar-refractivity contribution is 0.0844. The number of allylic oxidation sites excluding steroid dienone is 1. The zero-order valence-corrected chi connectivity index (χ0v) is 20.9. The number of carbonyl (C=O) groups is 1. The predicted molar refractivity (Wildman–Crippen MR) is 138 cm³/mol. The Morgan fingerprint density at radius 2 is 1.97 bits per heavy atom. The molecule has 1 aromatic heterocycles. The quantitative estimate of drug-likeness (QED) is 0.485. The molecule has 0 amide bonds. The first kappa shape index (κ1) is 25.5. The van der Waals surface area contributed by atoms with Gasteiger partial charge >= 0.3 is 0 Å². The van der Waals surface area contributed by atoms with Gasteiger partial charge in [-0.2, -0.15) is 10.5 Å². The van der Waals surface area contributed by atoms with Gasteiger partial charge in [-0.15, -0.1) is 12.4 Å². The van der Waals surface area contributed by atoms with Gasteiger partial charge in [-0.25, -0.2) is 0 Å². The summed E-state index contributed by atoms with van der Waals surface area (Å²) in [6.07, 6.45) is 3.43. The van der Waals surface area contributed by atoms with Gasteiger partial charge in [0.1, 0.15) is 5.75 Å². The largest absolute Gasteiger partial charge is 0.496 e. The molecule has 1 aliphatic rings. The van der Waals surface area contributed by atoms with Crippen molar-refractivity contribution in [1.82, 2.24) is 14.8 Å². The van der Waals surface area contributed by atoms with Crippen LogP contribution in [0.1, 0.15) is 21.5 Å². The molecule has 2 heterocycles. The van der Waals surface area contributed by atoms with Crippen LogP contribution in [-0.2, 0) is 0 Å². The molecule has 0 saturated carbocycles.